The summed E-state index contributed by atoms with van der Waals surface area (Å²) in [5, 5.41) is 8.91. The Morgan fingerprint density at radius 2 is 2.11 bits per heavy atom. The van der Waals surface area contributed by atoms with E-state index in [1.165, 1.54) is 18.2 Å². The van der Waals surface area contributed by atoms with Crippen LogP contribution < -0.4 is 4.72 Å². The minimum Gasteiger partial charge on any atom is -0.207 e. The highest BCUT2D eigenvalue weighted by atomic mass is 35.5. The lowest BCUT2D eigenvalue weighted by atomic mass is 10.2. The molecule has 0 radical (unpaired) electrons. The molecule has 0 aliphatic heterocycles. The molecule has 1 saturated carbocycles. The lowest BCUT2D eigenvalue weighted by Gasteiger charge is -2.09. The van der Waals surface area contributed by atoms with E-state index in [1.54, 1.807) is 0 Å². The second-order valence-electron chi connectivity index (χ2n) is 5.12. The van der Waals surface area contributed by atoms with E-state index in [0.29, 0.717) is 0 Å². The van der Waals surface area contributed by atoms with Gasteiger partial charge in [0.15, 0.2) is 0 Å². The van der Waals surface area contributed by atoms with Gasteiger partial charge in [0, 0.05) is 6.04 Å². The summed E-state index contributed by atoms with van der Waals surface area (Å²) in [7, 11) is -3.66. The molecule has 2 rings (SSSR count). The van der Waals surface area contributed by atoms with Crippen molar-refractivity contribution >= 4 is 21.6 Å². The SMILES string of the molecule is CC1(C)CC1NS(=O)(=O)c1cc(C#N)ccc1Cl. The van der Waals surface area contributed by atoms with E-state index in [2.05, 4.69) is 4.72 Å². The van der Waals surface area contributed by atoms with Gasteiger partial charge in [-0.2, -0.15) is 5.26 Å². The molecule has 0 spiro atoms. The third kappa shape index (κ3) is 2.51. The van der Waals surface area contributed by atoms with E-state index < -0.39 is 10.0 Å². The normalized spacial score (nSPS) is 21.3. The van der Waals surface area contributed by atoms with Crippen LogP contribution in [0.15, 0.2) is 23.1 Å². The van der Waals surface area contributed by atoms with Crippen molar-refractivity contribution in [1.29, 1.82) is 5.26 Å². The van der Waals surface area contributed by atoms with Gasteiger partial charge in [0.05, 0.1) is 16.7 Å². The maximum absolute atomic E-state index is 12.2. The Labute approximate surface area is 112 Å². The van der Waals surface area contributed by atoms with Crippen LogP contribution in [0.25, 0.3) is 0 Å². The fraction of sp³-hybridized carbons (Fsp3) is 0.417. The molecule has 1 aliphatic carbocycles. The summed E-state index contributed by atoms with van der Waals surface area (Å²) in [6, 6.07) is 6.04. The first kappa shape index (κ1) is 13.3. The van der Waals surface area contributed by atoms with E-state index in [0.717, 1.165) is 6.42 Å². The first-order valence-electron chi connectivity index (χ1n) is 5.48. The van der Waals surface area contributed by atoms with Crippen molar-refractivity contribution in [2.24, 2.45) is 5.41 Å². The van der Waals surface area contributed by atoms with E-state index in [9.17, 15) is 8.42 Å². The number of halogens is 1. The minimum absolute atomic E-state index is 0.00755. The zero-order valence-corrected chi connectivity index (χ0v) is 11.6. The first-order chi connectivity index (χ1) is 8.26. The first-order valence-corrected chi connectivity index (χ1v) is 7.34. The van der Waals surface area contributed by atoms with Crippen LogP contribution in [-0.4, -0.2) is 14.5 Å². The maximum atomic E-state index is 12.2. The molecule has 1 atom stereocenters. The molecule has 18 heavy (non-hydrogen) atoms. The molecule has 1 fully saturated rings. The summed E-state index contributed by atoms with van der Waals surface area (Å²) in [6.07, 6.45) is 0.807. The molecule has 0 heterocycles. The van der Waals surface area contributed by atoms with Gasteiger partial charge in [-0.1, -0.05) is 25.4 Å². The van der Waals surface area contributed by atoms with Crippen molar-refractivity contribution in [2.75, 3.05) is 0 Å². The van der Waals surface area contributed by atoms with E-state index in [1.807, 2.05) is 19.9 Å². The molecule has 96 valence electrons. The van der Waals surface area contributed by atoms with Gasteiger partial charge in [-0.05, 0) is 30.0 Å². The Morgan fingerprint density at radius 3 is 2.61 bits per heavy atom. The molecule has 0 bridgehead atoms. The van der Waals surface area contributed by atoms with Crippen molar-refractivity contribution in [3.63, 3.8) is 0 Å². The third-order valence-electron chi connectivity index (χ3n) is 3.16. The Bertz CT molecular complexity index is 632. The van der Waals surface area contributed by atoms with Crippen molar-refractivity contribution in [3.05, 3.63) is 28.8 Å². The monoisotopic (exact) mass is 284 g/mol. The van der Waals surface area contributed by atoms with E-state index >= 15 is 0 Å². The molecule has 1 unspecified atom stereocenters. The second kappa shape index (κ2) is 4.23. The minimum atomic E-state index is -3.66. The van der Waals surface area contributed by atoms with Gasteiger partial charge in [0.2, 0.25) is 10.0 Å². The van der Waals surface area contributed by atoms with Crippen LogP contribution in [0.1, 0.15) is 25.8 Å². The van der Waals surface area contributed by atoms with Crippen LogP contribution in [0.3, 0.4) is 0 Å². The molecule has 1 aromatic carbocycles. The lowest BCUT2D eigenvalue weighted by Crippen LogP contribution is -2.28. The topological polar surface area (TPSA) is 70.0 Å². The predicted octanol–water partition coefficient (Wildman–Crippen LogP) is 2.29. The number of benzene rings is 1. The maximum Gasteiger partial charge on any atom is 0.242 e. The van der Waals surface area contributed by atoms with Crippen molar-refractivity contribution in [1.82, 2.24) is 4.72 Å². The Morgan fingerprint density at radius 1 is 1.50 bits per heavy atom. The van der Waals surface area contributed by atoms with Crippen molar-refractivity contribution in [2.45, 2.75) is 31.2 Å². The molecule has 6 heteroatoms. The number of sulfonamides is 1. The lowest BCUT2D eigenvalue weighted by molar-refractivity contribution is 0.555. The van der Waals surface area contributed by atoms with Gasteiger partial charge in [0.25, 0.3) is 0 Å². The zero-order valence-electron chi connectivity index (χ0n) is 10.1. The van der Waals surface area contributed by atoms with Crippen LogP contribution in [0, 0.1) is 16.7 Å². The number of hydrogen-bond donors (Lipinski definition) is 1. The van der Waals surface area contributed by atoms with Gasteiger partial charge < -0.3 is 0 Å². The van der Waals surface area contributed by atoms with Gasteiger partial charge in [-0.25, -0.2) is 13.1 Å². The van der Waals surface area contributed by atoms with Gasteiger partial charge >= 0.3 is 0 Å². The number of nitrogens with zero attached hydrogens (tertiary/aromatic N) is 1. The summed E-state index contributed by atoms with van der Waals surface area (Å²) in [5.74, 6) is 0. The summed E-state index contributed by atoms with van der Waals surface area (Å²) in [5.41, 5.74) is 0.265. The second-order valence-corrected chi connectivity index (χ2v) is 7.21. The number of rotatable bonds is 3. The highest BCUT2D eigenvalue weighted by Crippen LogP contribution is 2.45. The van der Waals surface area contributed by atoms with Crippen LogP contribution in [0.5, 0.6) is 0 Å². The molecular weight excluding hydrogens is 272 g/mol. The molecule has 1 N–H and O–H groups in total. The number of hydrogen-bond acceptors (Lipinski definition) is 3. The average Bonchev–Trinajstić information content (AvgIpc) is 2.85. The van der Waals surface area contributed by atoms with Gasteiger partial charge in [0.1, 0.15) is 4.90 Å². The molecule has 0 amide bonds. The van der Waals surface area contributed by atoms with Crippen molar-refractivity contribution in [3.8, 4) is 6.07 Å². The molecular formula is C12H13ClN2O2S. The molecule has 4 nitrogen and oxygen atoms in total. The number of nitrogens with one attached hydrogen (secondary N) is 1. The van der Waals surface area contributed by atoms with Crippen LogP contribution in [-0.2, 0) is 10.0 Å². The van der Waals surface area contributed by atoms with E-state index in [4.69, 9.17) is 16.9 Å². The van der Waals surface area contributed by atoms with Gasteiger partial charge in [-0.3, -0.25) is 0 Å². The van der Waals surface area contributed by atoms with E-state index in [-0.39, 0.29) is 26.9 Å². The largest absolute Gasteiger partial charge is 0.242 e. The average molecular weight is 285 g/mol. The predicted molar refractivity (Wildman–Crippen MR) is 68.7 cm³/mol. The Hall–Kier alpha value is -1.09. The van der Waals surface area contributed by atoms with Crippen LogP contribution in [0.4, 0.5) is 0 Å². The Balaban J connectivity index is 2.33. The van der Waals surface area contributed by atoms with Crippen LogP contribution in [0.2, 0.25) is 5.02 Å². The van der Waals surface area contributed by atoms with Gasteiger partial charge in [-0.15, -0.1) is 0 Å². The highest BCUT2D eigenvalue weighted by Gasteiger charge is 2.48. The summed E-state index contributed by atoms with van der Waals surface area (Å²) in [6.45, 7) is 3.99. The molecule has 1 aromatic rings. The Kier molecular flexibility index (Phi) is 3.14. The zero-order chi connectivity index (χ0) is 13.6. The van der Waals surface area contributed by atoms with Crippen LogP contribution >= 0.6 is 11.6 Å². The third-order valence-corrected chi connectivity index (χ3v) is 5.11. The highest BCUT2D eigenvalue weighted by molar-refractivity contribution is 7.89. The fourth-order valence-electron chi connectivity index (χ4n) is 1.70. The summed E-state index contributed by atoms with van der Waals surface area (Å²) < 4.78 is 26.9. The summed E-state index contributed by atoms with van der Waals surface area (Å²) >= 11 is 5.88. The quantitative estimate of drug-likeness (QED) is 0.926. The number of nitriles is 1. The molecule has 0 aromatic heterocycles. The smallest absolute Gasteiger partial charge is 0.207 e. The summed E-state index contributed by atoms with van der Waals surface area (Å²) in [4.78, 5) is -0.0362. The molecule has 1 aliphatic rings. The fourth-order valence-corrected chi connectivity index (χ4v) is 3.63. The van der Waals surface area contributed by atoms with Crippen molar-refractivity contribution < 1.29 is 8.42 Å². The standard InChI is InChI=1S/C12H13ClN2O2S/c1-12(2)6-11(12)15-18(16,17)10-5-8(7-14)3-4-9(10)13/h3-5,11,15H,6H2,1-2H3. The molecule has 0 saturated heterocycles.